The molecule has 0 spiro atoms. The first-order valence-electron chi connectivity index (χ1n) is 6.71. The molecule has 21 heavy (non-hydrogen) atoms. The van der Waals surface area contributed by atoms with Gasteiger partial charge in [0, 0.05) is 6.04 Å². The molecule has 4 N–H and O–H groups in total. The minimum absolute atomic E-state index is 0.139. The second-order valence-electron chi connectivity index (χ2n) is 5.88. The van der Waals surface area contributed by atoms with Crippen LogP contribution in [-0.4, -0.2) is 21.7 Å². The van der Waals surface area contributed by atoms with E-state index in [1.54, 1.807) is 20.8 Å². The first-order valence-corrected chi connectivity index (χ1v) is 6.71. The molecule has 1 aromatic heterocycles. The fraction of sp³-hybridized carbons (Fsp3) is 0.429. The maximum Gasteiger partial charge on any atom is 0.422 e. The average molecular weight is 292 g/mol. The smallest absolute Gasteiger partial charge is 0.422 e. The van der Waals surface area contributed by atoms with E-state index in [0.717, 1.165) is 16.6 Å². The van der Waals surface area contributed by atoms with Gasteiger partial charge < -0.3 is 14.7 Å². The number of hydrogen-bond acceptors (Lipinski definition) is 4. The van der Waals surface area contributed by atoms with Crippen LogP contribution in [0.1, 0.15) is 39.3 Å². The zero-order valence-electron chi connectivity index (χ0n) is 12.5. The molecule has 0 radical (unpaired) electrons. The highest BCUT2D eigenvalue weighted by atomic mass is 16.6. The molecule has 0 aliphatic carbocycles. The third-order valence-corrected chi connectivity index (χ3v) is 2.83. The molecule has 2 aromatic rings. The SMILES string of the molecule is CC(NNC(=O)OC(C)(C)C)c1ccc2[nH]c(=O)[nH]c2c1. The lowest BCUT2D eigenvalue weighted by Crippen LogP contribution is -2.42. The molecule has 0 saturated heterocycles. The van der Waals surface area contributed by atoms with E-state index in [9.17, 15) is 9.59 Å². The minimum atomic E-state index is -0.543. The number of carbonyl (C=O) groups excluding carboxylic acids is 1. The molecule has 0 bridgehead atoms. The number of fused-ring (bicyclic) bond motifs is 1. The van der Waals surface area contributed by atoms with E-state index in [0.29, 0.717) is 0 Å². The van der Waals surface area contributed by atoms with Crippen molar-refractivity contribution in [1.82, 2.24) is 20.8 Å². The third-order valence-electron chi connectivity index (χ3n) is 2.83. The van der Waals surface area contributed by atoms with E-state index in [1.165, 1.54) is 0 Å². The Morgan fingerprint density at radius 2 is 1.90 bits per heavy atom. The Kier molecular flexibility index (Phi) is 4.04. The van der Waals surface area contributed by atoms with E-state index >= 15 is 0 Å². The number of aromatic amines is 2. The van der Waals surface area contributed by atoms with Crippen molar-refractivity contribution in [1.29, 1.82) is 0 Å². The first kappa shape index (κ1) is 15.1. The summed E-state index contributed by atoms with van der Waals surface area (Å²) in [6.45, 7) is 7.29. The Balaban J connectivity index is 2.00. The van der Waals surface area contributed by atoms with Crippen molar-refractivity contribution in [3.63, 3.8) is 0 Å². The normalized spacial score (nSPS) is 13.1. The van der Waals surface area contributed by atoms with Gasteiger partial charge in [0.25, 0.3) is 0 Å². The summed E-state index contributed by atoms with van der Waals surface area (Å²) in [5.74, 6) is 0. The highest BCUT2D eigenvalue weighted by molar-refractivity contribution is 5.75. The second-order valence-corrected chi connectivity index (χ2v) is 5.88. The lowest BCUT2D eigenvalue weighted by Gasteiger charge is -2.21. The first-order chi connectivity index (χ1) is 9.74. The van der Waals surface area contributed by atoms with Crippen molar-refractivity contribution < 1.29 is 9.53 Å². The Hall–Kier alpha value is -2.28. The van der Waals surface area contributed by atoms with Gasteiger partial charge in [0.1, 0.15) is 5.60 Å². The quantitative estimate of drug-likeness (QED) is 0.650. The summed E-state index contributed by atoms with van der Waals surface area (Å²) in [6, 6.07) is 5.40. The molecule has 1 amide bonds. The Bertz CT molecular complexity index is 696. The van der Waals surface area contributed by atoms with Crippen molar-refractivity contribution in [2.75, 3.05) is 0 Å². The van der Waals surface area contributed by atoms with Crippen LogP contribution in [0.5, 0.6) is 0 Å². The van der Waals surface area contributed by atoms with E-state index in [-0.39, 0.29) is 11.7 Å². The number of rotatable bonds is 3. The van der Waals surface area contributed by atoms with Crippen LogP contribution in [0.2, 0.25) is 0 Å². The molecule has 1 unspecified atom stereocenters. The summed E-state index contributed by atoms with van der Waals surface area (Å²) in [6.07, 6.45) is -0.537. The van der Waals surface area contributed by atoms with Crippen LogP contribution < -0.4 is 16.5 Å². The van der Waals surface area contributed by atoms with E-state index in [4.69, 9.17) is 4.74 Å². The monoisotopic (exact) mass is 292 g/mol. The summed E-state index contributed by atoms with van der Waals surface area (Å²) < 4.78 is 5.13. The minimum Gasteiger partial charge on any atom is -0.443 e. The van der Waals surface area contributed by atoms with Crippen molar-refractivity contribution >= 4 is 17.1 Å². The van der Waals surface area contributed by atoms with Gasteiger partial charge in [-0.25, -0.2) is 15.0 Å². The zero-order chi connectivity index (χ0) is 15.6. The topological polar surface area (TPSA) is 99.0 Å². The molecule has 1 atom stereocenters. The number of aromatic nitrogens is 2. The molecule has 114 valence electrons. The van der Waals surface area contributed by atoms with Crippen LogP contribution in [0, 0.1) is 0 Å². The Labute approximate surface area is 122 Å². The molecule has 0 aliphatic rings. The molecule has 0 saturated carbocycles. The van der Waals surface area contributed by atoms with Crippen molar-refractivity contribution in [3.05, 3.63) is 34.2 Å². The maximum atomic E-state index is 11.6. The summed E-state index contributed by atoms with van der Waals surface area (Å²) >= 11 is 0. The lowest BCUT2D eigenvalue weighted by atomic mass is 10.1. The molecule has 0 aliphatic heterocycles. The van der Waals surface area contributed by atoms with Gasteiger partial charge in [-0.05, 0) is 45.4 Å². The highest BCUT2D eigenvalue weighted by Gasteiger charge is 2.16. The number of H-pyrrole nitrogens is 2. The highest BCUT2D eigenvalue weighted by Crippen LogP contribution is 2.16. The second kappa shape index (κ2) is 5.61. The van der Waals surface area contributed by atoms with Gasteiger partial charge in [-0.2, -0.15) is 0 Å². The van der Waals surface area contributed by atoms with Crippen LogP contribution in [0.4, 0.5) is 4.79 Å². The molecule has 2 rings (SSSR count). The largest absolute Gasteiger partial charge is 0.443 e. The molecular formula is C14H20N4O3. The number of benzene rings is 1. The van der Waals surface area contributed by atoms with Gasteiger partial charge in [0.05, 0.1) is 11.0 Å². The molecule has 7 heteroatoms. The fourth-order valence-electron chi connectivity index (χ4n) is 1.87. The number of imidazole rings is 1. The zero-order valence-corrected chi connectivity index (χ0v) is 12.5. The van der Waals surface area contributed by atoms with E-state index < -0.39 is 11.7 Å². The lowest BCUT2D eigenvalue weighted by molar-refractivity contribution is 0.0489. The van der Waals surface area contributed by atoms with Gasteiger partial charge in [-0.15, -0.1) is 0 Å². The van der Waals surface area contributed by atoms with Crippen LogP contribution in [0.15, 0.2) is 23.0 Å². The maximum absolute atomic E-state index is 11.6. The molecule has 1 aromatic carbocycles. The predicted octanol–water partition coefficient (Wildman–Crippen LogP) is 1.95. The van der Waals surface area contributed by atoms with Gasteiger partial charge in [-0.1, -0.05) is 6.07 Å². The number of ether oxygens (including phenoxy) is 1. The van der Waals surface area contributed by atoms with Crippen LogP contribution in [0.3, 0.4) is 0 Å². The van der Waals surface area contributed by atoms with E-state index in [2.05, 4.69) is 20.8 Å². The molecule has 7 nitrogen and oxygen atoms in total. The number of hydrazine groups is 1. The number of nitrogens with one attached hydrogen (secondary N) is 4. The Morgan fingerprint density at radius 1 is 1.24 bits per heavy atom. The summed E-state index contributed by atoms with van der Waals surface area (Å²) in [7, 11) is 0. The standard InChI is InChI=1S/C14H20N4O3/c1-8(17-18-13(20)21-14(2,3)4)9-5-6-10-11(7-9)16-12(19)15-10/h5-8,17H,1-4H3,(H,18,20)(H2,15,16,19). The van der Waals surface area contributed by atoms with Crippen LogP contribution in [-0.2, 0) is 4.74 Å². The molecule has 0 fully saturated rings. The fourth-order valence-corrected chi connectivity index (χ4v) is 1.87. The number of hydrogen-bond donors (Lipinski definition) is 4. The summed E-state index contributed by atoms with van der Waals surface area (Å²) in [5.41, 5.74) is 6.98. The van der Waals surface area contributed by atoms with Crippen LogP contribution >= 0.6 is 0 Å². The Morgan fingerprint density at radius 3 is 2.57 bits per heavy atom. The summed E-state index contributed by atoms with van der Waals surface area (Å²) in [4.78, 5) is 28.2. The average Bonchev–Trinajstić information content (AvgIpc) is 2.72. The number of amides is 1. The van der Waals surface area contributed by atoms with Gasteiger partial charge in [0.2, 0.25) is 0 Å². The molecular weight excluding hydrogens is 272 g/mol. The molecule has 1 heterocycles. The van der Waals surface area contributed by atoms with Crippen LogP contribution in [0.25, 0.3) is 11.0 Å². The van der Waals surface area contributed by atoms with Crippen molar-refractivity contribution in [2.24, 2.45) is 0 Å². The third kappa shape index (κ3) is 4.09. The van der Waals surface area contributed by atoms with Gasteiger partial charge >= 0.3 is 11.8 Å². The van der Waals surface area contributed by atoms with Crippen molar-refractivity contribution in [2.45, 2.75) is 39.3 Å². The number of carbonyl (C=O) groups is 1. The summed E-state index contributed by atoms with van der Waals surface area (Å²) in [5, 5.41) is 0. The van der Waals surface area contributed by atoms with E-state index in [1.807, 2.05) is 25.1 Å². The van der Waals surface area contributed by atoms with Gasteiger partial charge in [0.15, 0.2) is 0 Å². The van der Waals surface area contributed by atoms with Gasteiger partial charge in [-0.3, -0.25) is 5.43 Å². The predicted molar refractivity (Wildman–Crippen MR) is 79.8 cm³/mol. The van der Waals surface area contributed by atoms with Crippen molar-refractivity contribution in [3.8, 4) is 0 Å².